The minimum atomic E-state index is -0.488. The number of Topliss-reactive ketones (excluding diaryl/α,β-unsaturated/α-hetero) is 1. The van der Waals surface area contributed by atoms with Crippen molar-refractivity contribution in [2.75, 3.05) is 19.8 Å². The Morgan fingerprint density at radius 1 is 1.55 bits per heavy atom. The van der Waals surface area contributed by atoms with Crippen molar-refractivity contribution in [1.82, 2.24) is 9.88 Å². The zero-order valence-corrected chi connectivity index (χ0v) is 13.1. The number of likely N-dealkylation sites (N-methyl/N-ethyl adjacent to an activating group) is 1. The molecule has 0 radical (unpaired) electrons. The quantitative estimate of drug-likeness (QED) is 0.871. The van der Waals surface area contributed by atoms with Gasteiger partial charge in [0.1, 0.15) is 5.82 Å². The fourth-order valence-electron chi connectivity index (χ4n) is 3.22. The molecule has 1 saturated carbocycles. The first-order chi connectivity index (χ1) is 9.36. The van der Waals surface area contributed by atoms with Crippen LogP contribution in [-0.2, 0) is 0 Å². The van der Waals surface area contributed by atoms with Crippen LogP contribution in [0.4, 0.5) is 5.82 Å². The van der Waals surface area contributed by atoms with Crippen molar-refractivity contribution >= 4 is 23.2 Å². The van der Waals surface area contributed by atoms with Gasteiger partial charge < -0.3 is 5.73 Å². The maximum absolute atomic E-state index is 13.1. The number of carbonyl (C=O) groups excluding carboxylic acids is 1. The van der Waals surface area contributed by atoms with Crippen LogP contribution in [0.25, 0.3) is 0 Å². The Bertz CT molecular complexity index is 518. The molecule has 0 bridgehead atoms. The summed E-state index contributed by atoms with van der Waals surface area (Å²) in [4.78, 5) is 19.1. The Morgan fingerprint density at radius 3 is 2.85 bits per heavy atom. The summed E-state index contributed by atoms with van der Waals surface area (Å²) in [5.41, 5.74) is 5.84. The van der Waals surface area contributed by atoms with Crippen LogP contribution in [0, 0.1) is 5.92 Å². The summed E-state index contributed by atoms with van der Waals surface area (Å²) in [6.07, 6.45) is 5.41. The van der Waals surface area contributed by atoms with E-state index >= 15 is 0 Å². The summed E-state index contributed by atoms with van der Waals surface area (Å²) in [5, 5.41) is 0.445. The van der Waals surface area contributed by atoms with Crippen molar-refractivity contribution in [3.63, 3.8) is 0 Å². The van der Waals surface area contributed by atoms with Gasteiger partial charge in [-0.3, -0.25) is 9.69 Å². The van der Waals surface area contributed by atoms with Gasteiger partial charge in [0.25, 0.3) is 0 Å². The lowest BCUT2D eigenvalue weighted by Crippen LogP contribution is -2.54. The molecule has 1 aromatic rings. The van der Waals surface area contributed by atoms with E-state index in [-0.39, 0.29) is 11.6 Å². The zero-order chi connectivity index (χ0) is 14.9. The number of nitrogens with zero attached hydrogens (tertiary/aromatic N) is 2. The van der Waals surface area contributed by atoms with Gasteiger partial charge in [0.2, 0.25) is 0 Å². The van der Waals surface area contributed by atoms with E-state index in [0.717, 1.165) is 19.3 Å². The molecule has 0 aliphatic heterocycles. The number of anilines is 1. The molecule has 2 atom stereocenters. The van der Waals surface area contributed by atoms with E-state index in [0.29, 0.717) is 16.5 Å². The van der Waals surface area contributed by atoms with Gasteiger partial charge in [0.05, 0.1) is 16.1 Å². The number of ketones is 1. The van der Waals surface area contributed by atoms with E-state index in [4.69, 9.17) is 17.3 Å². The third kappa shape index (κ3) is 2.67. The van der Waals surface area contributed by atoms with Crippen molar-refractivity contribution in [2.24, 2.45) is 5.92 Å². The molecule has 2 N–H and O–H groups in total. The van der Waals surface area contributed by atoms with E-state index in [1.54, 1.807) is 6.07 Å². The predicted octanol–water partition coefficient (Wildman–Crippen LogP) is 3.01. The topological polar surface area (TPSA) is 59.2 Å². The van der Waals surface area contributed by atoms with Gasteiger partial charge in [-0.2, -0.15) is 0 Å². The molecular weight excluding hydrogens is 274 g/mol. The van der Waals surface area contributed by atoms with Crippen LogP contribution in [0.15, 0.2) is 12.3 Å². The average Bonchev–Trinajstić information content (AvgIpc) is 2.40. The first-order valence-corrected chi connectivity index (χ1v) is 7.38. The van der Waals surface area contributed by atoms with Crippen molar-refractivity contribution in [3.8, 4) is 0 Å². The summed E-state index contributed by atoms with van der Waals surface area (Å²) in [6.45, 7) is 2.20. The normalized spacial score (nSPS) is 26.8. The van der Waals surface area contributed by atoms with Gasteiger partial charge >= 0.3 is 0 Å². The maximum Gasteiger partial charge on any atom is 0.186 e. The SMILES string of the molecule is CC1CCCC(C(=O)c2cc(Cl)cnc2N)(N(C)C)C1. The molecular formula is C15H22ClN3O. The van der Waals surface area contributed by atoms with Crippen LogP contribution in [0.3, 0.4) is 0 Å². The van der Waals surface area contributed by atoms with E-state index < -0.39 is 5.54 Å². The van der Waals surface area contributed by atoms with Crippen LogP contribution >= 0.6 is 11.6 Å². The van der Waals surface area contributed by atoms with Crippen LogP contribution in [0.1, 0.15) is 43.0 Å². The number of aromatic nitrogens is 1. The summed E-state index contributed by atoms with van der Waals surface area (Å²) in [6, 6.07) is 1.64. The first-order valence-electron chi connectivity index (χ1n) is 7.00. The lowest BCUT2D eigenvalue weighted by atomic mass is 9.71. The summed E-state index contributed by atoms with van der Waals surface area (Å²) >= 11 is 5.97. The molecule has 2 rings (SSSR count). The zero-order valence-electron chi connectivity index (χ0n) is 12.3. The lowest BCUT2D eigenvalue weighted by molar-refractivity contribution is 0.0487. The second-order valence-corrected chi connectivity index (χ2v) is 6.48. The Hall–Kier alpha value is -1.13. The minimum absolute atomic E-state index is 0.0431. The highest BCUT2D eigenvalue weighted by atomic mass is 35.5. The molecule has 4 nitrogen and oxygen atoms in total. The maximum atomic E-state index is 13.1. The first kappa shape index (κ1) is 15.3. The highest BCUT2D eigenvalue weighted by molar-refractivity contribution is 6.31. The lowest BCUT2D eigenvalue weighted by Gasteiger charge is -2.43. The highest BCUT2D eigenvalue weighted by Crippen LogP contribution is 2.39. The van der Waals surface area contributed by atoms with Crippen LogP contribution < -0.4 is 5.73 Å². The number of carbonyl (C=O) groups is 1. The largest absolute Gasteiger partial charge is 0.383 e. The molecule has 20 heavy (non-hydrogen) atoms. The van der Waals surface area contributed by atoms with E-state index in [2.05, 4.69) is 11.9 Å². The Balaban J connectivity index is 2.44. The molecule has 1 aliphatic carbocycles. The minimum Gasteiger partial charge on any atom is -0.383 e. The number of rotatable bonds is 3. The van der Waals surface area contributed by atoms with Crippen LogP contribution in [0.2, 0.25) is 5.02 Å². The molecule has 0 amide bonds. The van der Waals surface area contributed by atoms with E-state index in [9.17, 15) is 4.79 Å². The van der Waals surface area contributed by atoms with Crippen molar-refractivity contribution in [1.29, 1.82) is 0 Å². The average molecular weight is 296 g/mol. The molecule has 110 valence electrons. The number of hydrogen-bond donors (Lipinski definition) is 1. The molecule has 0 aromatic carbocycles. The standard InChI is InChI=1S/C15H22ClN3O/c1-10-5-4-6-15(8-10,19(2)3)13(20)12-7-11(16)9-18-14(12)17/h7,9-10H,4-6,8H2,1-3H3,(H2,17,18). The monoisotopic (exact) mass is 295 g/mol. The van der Waals surface area contributed by atoms with Gasteiger partial charge in [-0.15, -0.1) is 0 Å². The fourth-order valence-corrected chi connectivity index (χ4v) is 3.38. The second kappa shape index (κ2) is 5.70. The molecule has 1 fully saturated rings. The number of nitrogen functional groups attached to an aromatic ring is 1. The van der Waals surface area contributed by atoms with E-state index in [1.165, 1.54) is 12.6 Å². The third-order valence-corrected chi connectivity index (χ3v) is 4.59. The molecule has 1 aliphatic rings. The molecule has 1 heterocycles. The number of nitrogens with two attached hydrogens (primary N) is 1. The third-order valence-electron chi connectivity index (χ3n) is 4.38. The number of pyridine rings is 1. The number of hydrogen-bond acceptors (Lipinski definition) is 4. The van der Waals surface area contributed by atoms with E-state index in [1.807, 2.05) is 19.0 Å². The van der Waals surface area contributed by atoms with Gasteiger partial charge in [-0.25, -0.2) is 4.98 Å². The smallest absolute Gasteiger partial charge is 0.186 e. The van der Waals surface area contributed by atoms with Crippen molar-refractivity contribution in [2.45, 2.75) is 38.1 Å². The van der Waals surface area contributed by atoms with Crippen LogP contribution in [0.5, 0.6) is 0 Å². The fraction of sp³-hybridized carbons (Fsp3) is 0.600. The molecule has 2 unspecified atom stereocenters. The summed E-state index contributed by atoms with van der Waals surface area (Å²) in [7, 11) is 3.92. The Morgan fingerprint density at radius 2 is 2.25 bits per heavy atom. The Labute approximate surface area is 125 Å². The van der Waals surface area contributed by atoms with Gasteiger partial charge in [-0.1, -0.05) is 31.4 Å². The van der Waals surface area contributed by atoms with Gasteiger partial charge in [-0.05, 0) is 38.9 Å². The predicted molar refractivity (Wildman–Crippen MR) is 82.0 cm³/mol. The Kier molecular flexibility index (Phi) is 4.35. The molecule has 0 saturated heterocycles. The van der Waals surface area contributed by atoms with Crippen molar-refractivity contribution < 1.29 is 4.79 Å². The van der Waals surface area contributed by atoms with Crippen LogP contribution in [-0.4, -0.2) is 35.3 Å². The second-order valence-electron chi connectivity index (χ2n) is 6.04. The number of halogens is 1. The summed E-state index contributed by atoms with van der Waals surface area (Å²) < 4.78 is 0. The van der Waals surface area contributed by atoms with Gasteiger partial charge in [0.15, 0.2) is 5.78 Å². The molecule has 0 spiro atoms. The summed E-state index contributed by atoms with van der Waals surface area (Å²) in [5.74, 6) is 0.837. The molecule has 5 heteroatoms. The van der Waals surface area contributed by atoms with Gasteiger partial charge in [0, 0.05) is 6.20 Å². The highest BCUT2D eigenvalue weighted by Gasteiger charge is 2.44. The molecule has 1 aromatic heterocycles. The van der Waals surface area contributed by atoms with Crippen molar-refractivity contribution in [3.05, 3.63) is 22.8 Å².